The maximum Gasteiger partial charge on any atom is 0.262 e. The van der Waals surface area contributed by atoms with Gasteiger partial charge in [0.25, 0.3) is 11.8 Å². The fourth-order valence-corrected chi connectivity index (χ4v) is 5.21. The highest BCUT2D eigenvalue weighted by Crippen LogP contribution is 2.21. The van der Waals surface area contributed by atoms with Gasteiger partial charge in [0.2, 0.25) is 0 Å². The Morgan fingerprint density at radius 1 is 1.00 bits per heavy atom. The maximum atomic E-state index is 13.2. The molecule has 0 unspecified atom stereocenters. The van der Waals surface area contributed by atoms with Gasteiger partial charge in [-0.2, -0.15) is 0 Å². The lowest BCUT2D eigenvalue weighted by Crippen LogP contribution is -2.57. The van der Waals surface area contributed by atoms with Gasteiger partial charge >= 0.3 is 0 Å². The maximum absolute atomic E-state index is 13.2. The van der Waals surface area contributed by atoms with Crippen LogP contribution in [0.3, 0.4) is 0 Å². The highest BCUT2D eigenvalue weighted by molar-refractivity contribution is 5.94. The average molecular weight is 572 g/mol. The first-order valence-corrected chi connectivity index (χ1v) is 13.9. The molecule has 218 valence electrons. The molecule has 1 atom stereocenters. The number of aryl methyl sites for hydroxylation is 1. The van der Waals surface area contributed by atoms with E-state index in [1.54, 1.807) is 41.9 Å². The number of piperazine rings is 1. The number of fused-ring (bicyclic) bond motifs is 1. The molecule has 0 radical (unpaired) electrons. The van der Waals surface area contributed by atoms with Crippen LogP contribution >= 0.6 is 0 Å². The first-order chi connectivity index (χ1) is 20.4. The molecule has 3 N–H and O–H groups in total. The van der Waals surface area contributed by atoms with E-state index in [-0.39, 0.29) is 18.3 Å². The molecule has 3 aromatic carbocycles. The van der Waals surface area contributed by atoms with Crippen LogP contribution < -0.4 is 15.5 Å². The Bertz CT molecular complexity index is 1520. The number of hydroxylamine groups is 1. The lowest BCUT2D eigenvalue weighted by molar-refractivity contribution is -0.135. The number of hydrogen-bond acceptors (Lipinski definition) is 7. The molecule has 5 rings (SSSR count). The zero-order valence-electron chi connectivity index (χ0n) is 23.4. The number of carbonyl (C=O) groups is 2. The molecular weight excluding hydrogens is 537 g/mol. The predicted octanol–water partition coefficient (Wildman–Crippen LogP) is 3.68. The Labute approximate surface area is 243 Å². The fraction of sp³-hybridized carbons (Fsp3) is 0.281. The van der Waals surface area contributed by atoms with Gasteiger partial charge in [-0.1, -0.05) is 30.3 Å². The number of para-hydroxylation sites is 1. The summed E-state index contributed by atoms with van der Waals surface area (Å²) in [5.41, 5.74) is 6.04. The van der Waals surface area contributed by atoms with Gasteiger partial charge in [0, 0.05) is 61.5 Å². The summed E-state index contributed by atoms with van der Waals surface area (Å²) < 4.78 is 19.2. The normalized spacial score (nSPS) is 14.8. The van der Waals surface area contributed by atoms with E-state index in [1.807, 2.05) is 42.2 Å². The Kier molecular flexibility index (Phi) is 9.38. The summed E-state index contributed by atoms with van der Waals surface area (Å²) in [6.07, 6.45) is 0. The second-order valence-electron chi connectivity index (χ2n) is 10.4. The quantitative estimate of drug-likeness (QED) is 0.197. The van der Waals surface area contributed by atoms with E-state index in [4.69, 9.17) is 4.74 Å². The van der Waals surface area contributed by atoms with Crippen molar-refractivity contribution in [2.45, 2.75) is 26.1 Å². The SMILES string of the molecule is Cc1cc(COc2ccc(C(=O)NC[C@@H](C(=O)NO)N3CCN(Cc4ccc(F)cc4)CC3)cc2)c2ccccc2n1. The van der Waals surface area contributed by atoms with Crippen LogP contribution in [0.4, 0.5) is 4.39 Å². The largest absolute Gasteiger partial charge is 0.489 e. The molecule has 0 bridgehead atoms. The summed E-state index contributed by atoms with van der Waals surface area (Å²) in [6, 6.07) is 22.5. The van der Waals surface area contributed by atoms with E-state index in [2.05, 4.69) is 15.2 Å². The van der Waals surface area contributed by atoms with E-state index < -0.39 is 11.9 Å². The third kappa shape index (κ3) is 7.27. The van der Waals surface area contributed by atoms with Crippen molar-refractivity contribution < 1.29 is 23.9 Å². The number of hydrogen-bond donors (Lipinski definition) is 3. The van der Waals surface area contributed by atoms with E-state index in [0.29, 0.717) is 50.6 Å². The second-order valence-corrected chi connectivity index (χ2v) is 10.4. The summed E-state index contributed by atoms with van der Waals surface area (Å²) in [7, 11) is 0. The molecule has 0 saturated carbocycles. The summed E-state index contributed by atoms with van der Waals surface area (Å²) in [6.45, 7) is 5.57. The first kappa shape index (κ1) is 29.1. The van der Waals surface area contributed by atoms with E-state index in [0.717, 1.165) is 27.7 Å². The van der Waals surface area contributed by atoms with Crippen LogP contribution in [0, 0.1) is 12.7 Å². The van der Waals surface area contributed by atoms with Gasteiger partial charge in [-0.25, -0.2) is 9.87 Å². The molecule has 1 aliphatic rings. The van der Waals surface area contributed by atoms with Crippen molar-refractivity contribution in [2.24, 2.45) is 0 Å². The van der Waals surface area contributed by atoms with Crippen molar-refractivity contribution in [1.29, 1.82) is 0 Å². The Morgan fingerprint density at radius 3 is 2.43 bits per heavy atom. The summed E-state index contributed by atoms with van der Waals surface area (Å²) in [5, 5.41) is 13.2. The number of amides is 2. The van der Waals surface area contributed by atoms with Crippen LogP contribution in [-0.2, 0) is 17.9 Å². The number of nitrogens with zero attached hydrogens (tertiary/aromatic N) is 3. The van der Waals surface area contributed by atoms with Crippen LogP contribution in [0.25, 0.3) is 10.9 Å². The molecule has 1 fully saturated rings. The fourth-order valence-electron chi connectivity index (χ4n) is 5.21. The molecule has 9 nitrogen and oxygen atoms in total. The minimum Gasteiger partial charge on any atom is -0.489 e. The molecule has 42 heavy (non-hydrogen) atoms. The summed E-state index contributed by atoms with van der Waals surface area (Å²) in [5.74, 6) is -0.549. The highest BCUT2D eigenvalue weighted by atomic mass is 19.1. The molecule has 0 aliphatic carbocycles. The van der Waals surface area contributed by atoms with Gasteiger partial charge in [0.1, 0.15) is 24.2 Å². The third-order valence-corrected chi connectivity index (χ3v) is 7.48. The lowest BCUT2D eigenvalue weighted by Gasteiger charge is -2.38. The number of pyridine rings is 1. The van der Waals surface area contributed by atoms with Crippen molar-refractivity contribution in [3.8, 4) is 5.75 Å². The zero-order chi connectivity index (χ0) is 29.5. The molecular formula is C32H34FN5O4. The molecule has 1 saturated heterocycles. The molecule has 2 amide bonds. The molecule has 4 aromatic rings. The number of halogens is 1. The molecule has 10 heteroatoms. The Balaban J connectivity index is 1.13. The van der Waals surface area contributed by atoms with Gasteiger partial charge in [-0.05, 0) is 61.0 Å². The van der Waals surface area contributed by atoms with Gasteiger partial charge in [-0.15, -0.1) is 0 Å². The van der Waals surface area contributed by atoms with Crippen molar-refractivity contribution in [3.63, 3.8) is 0 Å². The average Bonchev–Trinajstić information content (AvgIpc) is 3.01. The van der Waals surface area contributed by atoms with Crippen LogP contribution in [0.5, 0.6) is 5.75 Å². The molecule has 0 spiro atoms. The standard InChI is InChI=1S/C32H34FN5O4/c1-22-18-25(28-4-2-3-5-29(28)35-22)21-42-27-12-8-24(9-13-27)31(39)34-19-30(32(40)36-41)38-16-14-37(15-17-38)20-23-6-10-26(33)11-7-23/h2-13,18,30,41H,14-17,19-21H2,1H3,(H,34,39)(H,36,40)/t30-/m0/s1. The minimum atomic E-state index is -0.729. The van der Waals surface area contributed by atoms with E-state index >= 15 is 0 Å². The number of rotatable bonds is 10. The van der Waals surface area contributed by atoms with Crippen molar-refractivity contribution in [1.82, 2.24) is 25.6 Å². The van der Waals surface area contributed by atoms with Gasteiger partial charge < -0.3 is 10.1 Å². The third-order valence-electron chi connectivity index (χ3n) is 7.48. The smallest absolute Gasteiger partial charge is 0.262 e. The number of benzene rings is 3. The van der Waals surface area contributed by atoms with Gasteiger partial charge in [0.15, 0.2) is 0 Å². The van der Waals surface area contributed by atoms with Crippen LogP contribution in [-0.4, -0.2) is 70.6 Å². The minimum absolute atomic E-state index is 0.0376. The summed E-state index contributed by atoms with van der Waals surface area (Å²) >= 11 is 0. The van der Waals surface area contributed by atoms with Crippen molar-refractivity contribution in [2.75, 3.05) is 32.7 Å². The topological polar surface area (TPSA) is 107 Å². The van der Waals surface area contributed by atoms with Gasteiger partial charge in [0.05, 0.1) is 5.52 Å². The van der Waals surface area contributed by atoms with Crippen molar-refractivity contribution >= 4 is 22.7 Å². The first-order valence-electron chi connectivity index (χ1n) is 13.9. The predicted molar refractivity (Wildman–Crippen MR) is 157 cm³/mol. The van der Waals surface area contributed by atoms with E-state index in [1.165, 1.54) is 12.1 Å². The summed E-state index contributed by atoms with van der Waals surface area (Å²) in [4.78, 5) is 34.1. The van der Waals surface area contributed by atoms with Crippen LogP contribution in [0.15, 0.2) is 78.9 Å². The molecule has 1 aliphatic heterocycles. The monoisotopic (exact) mass is 571 g/mol. The molecule has 1 aromatic heterocycles. The number of aromatic nitrogens is 1. The zero-order valence-corrected chi connectivity index (χ0v) is 23.4. The van der Waals surface area contributed by atoms with Crippen LogP contribution in [0.2, 0.25) is 0 Å². The highest BCUT2D eigenvalue weighted by Gasteiger charge is 2.29. The second kappa shape index (κ2) is 13.5. The lowest BCUT2D eigenvalue weighted by atomic mass is 10.1. The van der Waals surface area contributed by atoms with Crippen molar-refractivity contribution in [3.05, 3.63) is 107 Å². The number of carbonyl (C=O) groups excluding carboxylic acids is 2. The number of ether oxygens (including phenoxy) is 1. The Morgan fingerprint density at radius 2 is 1.71 bits per heavy atom. The number of nitrogens with one attached hydrogen (secondary N) is 2. The van der Waals surface area contributed by atoms with Gasteiger partial charge in [-0.3, -0.25) is 29.6 Å². The Hall–Kier alpha value is -4.38. The van der Waals surface area contributed by atoms with Crippen LogP contribution in [0.1, 0.15) is 27.2 Å². The van der Waals surface area contributed by atoms with E-state index in [9.17, 15) is 19.2 Å². The molecule has 2 heterocycles.